The van der Waals surface area contributed by atoms with Gasteiger partial charge in [-0.1, -0.05) is 6.07 Å². The molecule has 0 aliphatic heterocycles. The van der Waals surface area contributed by atoms with Crippen molar-refractivity contribution in [3.8, 4) is 5.88 Å². The highest BCUT2D eigenvalue weighted by Gasteiger charge is 2.27. The van der Waals surface area contributed by atoms with Crippen LogP contribution in [0.15, 0.2) is 23.3 Å². The molecule has 5 heteroatoms. The molecule has 0 unspecified atom stereocenters. The van der Waals surface area contributed by atoms with Crippen molar-refractivity contribution >= 4 is 5.96 Å². The smallest absolute Gasteiger partial charge is 0.218 e. The average Bonchev–Trinajstić information content (AvgIpc) is 3.19. The summed E-state index contributed by atoms with van der Waals surface area (Å²) in [6, 6.07) is 4.39. The summed E-state index contributed by atoms with van der Waals surface area (Å²) >= 11 is 0. The minimum atomic E-state index is 0.500. The van der Waals surface area contributed by atoms with Crippen LogP contribution in [0.4, 0.5) is 0 Å². The predicted molar refractivity (Wildman–Crippen MR) is 66.9 cm³/mol. The number of hydrogen-bond donors (Lipinski definition) is 1. The van der Waals surface area contributed by atoms with Gasteiger partial charge in [0.1, 0.15) is 0 Å². The van der Waals surface area contributed by atoms with E-state index in [1.807, 2.05) is 24.1 Å². The average molecular weight is 234 g/mol. The lowest BCUT2D eigenvalue weighted by molar-refractivity contribution is 0.392. The number of aromatic nitrogens is 1. The lowest BCUT2D eigenvalue weighted by Crippen LogP contribution is -2.35. The van der Waals surface area contributed by atoms with Gasteiger partial charge in [-0.2, -0.15) is 0 Å². The minimum Gasteiger partial charge on any atom is -0.481 e. The Labute approximate surface area is 101 Å². The summed E-state index contributed by atoms with van der Waals surface area (Å²) in [6.07, 6.45) is 4.12. The van der Waals surface area contributed by atoms with Gasteiger partial charge in [0, 0.05) is 24.8 Å². The Morgan fingerprint density at radius 2 is 2.41 bits per heavy atom. The molecule has 1 aromatic heterocycles. The molecular formula is C12H18N4O. The minimum absolute atomic E-state index is 0.500. The number of pyridine rings is 1. The Bertz CT molecular complexity index is 415. The van der Waals surface area contributed by atoms with Gasteiger partial charge in [0.15, 0.2) is 5.96 Å². The van der Waals surface area contributed by atoms with Crippen molar-refractivity contribution < 1.29 is 4.74 Å². The third-order valence-electron chi connectivity index (χ3n) is 2.91. The van der Waals surface area contributed by atoms with E-state index in [9.17, 15) is 0 Å². The molecule has 0 saturated heterocycles. The van der Waals surface area contributed by atoms with Crippen molar-refractivity contribution in [1.82, 2.24) is 9.88 Å². The van der Waals surface area contributed by atoms with E-state index >= 15 is 0 Å². The summed E-state index contributed by atoms with van der Waals surface area (Å²) in [6.45, 7) is 0.500. The first-order valence-corrected chi connectivity index (χ1v) is 5.73. The van der Waals surface area contributed by atoms with Crippen LogP contribution in [0, 0.1) is 0 Å². The topological polar surface area (TPSA) is 63.7 Å². The van der Waals surface area contributed by atoms with Crippen molar-refractivity contribution in [3.63, 3.8) is 0 Å². The predicted octanol–water partition coefficient (Wildman–Crippen LogP) is 0.999. The van der Waals surface area contributed by atoms with Crippen LogP contribution in [0.25, 0.3) is 0 Å². The molecule has 0 spiro atoms. The number of methoxy groups -OCH3 is 1. The van der Waals surface area contributed by atoms with Crippen LogP contribution < -0.4 is 10.5 Å². The zero-order valence-electron chi connectivity index (χ0n) is 10.3. The van der Waals surface area contributed by atoms with Crippen molar-refractivity contribution in [2.24, 2.45) is 10.7 Å². The Kier molecular flexibility index (Phi) is 3.46. The maximum Gasteiger partial charge on any atom is 0.218 e. The van der Waals surface area contributed by atoms with E-state index in [2.05, 4.69) is 9.98 Å². The van der Waals surface area contributed by atoms with Crippen LogP contribution in [-0.2, 0) is 6.54 Å². The van der Waals surface area contributed by atoms with Gasteiger partial charge < -0.3 is 15.4 Å². The Hall–Kier alpha value is -1.78. The van der Waals surface area contributed by atoms with Crippen LogP contribution in [0.1, 0.15) is 18.4 Å². The first kappa shape index (κ1) is 11.7. The van der Waals surface area contributed by atoms with E-state index < -0.39 is 0 Å². The number of guanidine groups is 1. The van der Waals surface area contributed by atoms with E-state index in [4.69, 9.17) is 10.5 Å². The molecule has 0 aromatic carbocycles. The molecule has 2 N–H and O–H groups in total. The second-order valence-electron chi connectivity index (χ2n) is 4.19. The summed E-state index contributed by atoms with van der Waals surface area (Å²) < 4.78 is 5.16. The Morgan fingerprint density at radius 3 is 3.06 bits per heavy atom. The van der Waals surface area contributed by atoms with E-state index in [1.165, 1.54) is 12.8 Å². The lowest BCUT2D eigenvalue weighted by atomic mass is 10.3. The number of aliphatic imine (C=N–C) groups is 1. The summed E-state index contributed by atoms with van der Waals surface area (Å²) in [5.74, 6) is 1.19. The number of rotatable bonds is 4. The Balaban J connectivity index is 2.02. The summed E-state index contributed by atoms with van der Waals surface area (Å²) in [7, 11) is 3.59. The highest BCUT2D eigenvalue weighted by Crippen LogP contribution is 2.25. The molecule has 1 aliphatic rings. The van der Waals surface area contributed by atoms with E-state index in [0.29, 0.717) is 24.4 Å². The number of ether oxygens (including phenoxy) is 1. The monoisotopic (exact) mass is 234 g/mol. The molecule has 17 heavy (non-hydrogen) atoms. The normalized spacial score (nSPS) is 15.8. The fourth-order valence-corrected chi connectivity index (χ4v) is 1.65. The van der Waals surface area contributed by atoms with Crippen LogP contribution >= 0.6 is 0 Å². The molecule has 92 valence electrons. The molecular weight excluding hydrogens is 216 g/mol. The molecule has 1 fully saturated rings. The fourth-order valence-electron chi connectivity index (χ4n) is 1.65. The quantitative estimate of drug-likeness (QED) is 0.623. The van der Waals surface area contributed by atoms with Crippen molar-refractivity contribution in [2.75, 3.05) is 14.2 Å². The van der Waals surface area contributed by atoms with Crippen molar-refractivity contribution in [2.45, 2.75) is 25.4 Å². The molecule has 2 rings (SSSR count). The van der Waals surface area contributed by atoms with Crippen LogP contribution in [0.2, 0.25) is 0 Å². The van der Waals surface area contributed by atoms with E-state index in [0.717, 1.165) is 5.56 Å². The van der Waals surface area contributed by atoms with E-state index in [-0.39, 0.29) is 0 Å². The standard InChI is InChI=1S/C12H18N4O/c1-16(10-5-6-10)12(13)15-8-9-4-3-7-14-11(9)17-2/h3-4,7,10H,5-6,8H2,1-2H3,(H2,13,15). The second-order valence-corrected chi connectivity index (χ2v) is 4.19. The zero-order valence-corrected chi connectivity index (χ0v) is 10.3. The maximum absolute atomic E-state index is 5.91. The maximum atomic E-state index is 5.91. The molecule has 1 aromatic rings. The van der Waals surface area contributed by atoms with E-state index in [1.54, 1.807) is 13.3 Å². The summed E-state index contributed by atoms with van der Waals surface area (Å²) in [5, 5.41) is 0. The van der Waals surface area contributed by atoms with Gasteiger partial charge in [-0.25, -0.2) is 9.98 Å². The first-order valence-electron chi connectivity index (χ1n) is 5.73. The summed E-state index contributed by atoms with van der Waals surface area (Å²) in [5.41, 5.74) is 6.86. The van der Waals surface area contributed by atoms with Gasteiger partial charge >= 0.3 is 0 Å². The second kappa shape index (κ2) is 5.03. The van der Waals surface area contributed by atoms with Crippen LogP contribution in [0.5, 0.6) is 5.88 Å². The summed E-state index contributed by atoms with van der Waals surface area (Å²) in [4.78, 5) is 10.5. The first-order chi connectivity index (χ1) is 8.22. The van der Waals surface area contributed by atoms with Crippen LogP contribution in [0.3, 0.4) is 0 Å². The molecule has 0 amide bonds. The molecule has 0 radical (unpaired) electrons. The van der Waals surface area contributed by atoms with Gasteiger partial charge in [0.05, 0.1) is 13.7 Å². The van der Waals surface area contributed by atoms with Gasteiger partial charge in [-0.15, -0.1) is 0 Å². The van der Waals surface area contributed by atoms with Gasteiger partial charge in [0.25, 0.3) is 0 Å². The lowest BCUT2D eigenvalue weighted by Gasteiger charge is -2.16. The third kappa shape index (κ3) is 2.87. The van der Waals surface area contributed by atoms with Crippen molar-refractivity contribution in [1.29, 1.82) is 0 Å². The number of nitrogens with two attached hydrogens (primary N) is 1. The number of hydrogen-bond acceptors (Lipinski definition) is 3. The van der Waals surface area contributed by atoms with Crippen molar-refractivity contribution in [3.05, 3.63) is 23.9 Å². The van der Waals surface area contributed by atoms with Gasteiger partial charge in [-0.3, -0.25) is 0 Å². The largest absolute Gasteiger partial charge is 0.481 e. The molecule has 0 atom stereocenters. The highest BCUT2D eigenvalue weighted by atomic mass is 16.5. The fraction of sp³-hybridized carbons (Fsp3) is 0.500. The Morgan fingerprint density at radius 1 is 1.65 bits per heavy atom. The molecule has 0 bridgehead atoms. The molecule has 1 saturated carbocycles. The van der Waals surface area contributed by atoms with Crippen LogP contribution in [-0.4, -0.2) is 36.0 Å². The molecule has 1 heterocycles. The van der Waals surface area contributed by atoms with Gasteiger partial charge in [-0.05, 0) is 18.9 Å². The zero-order chi connectivity index (χ0) is 12.3. The molecule has 5 nitrogen and oxygen atoms in total. The highest BCUT2D eigenvalue weighted by molar-refractivity contribution is 5.78. The van der Waals surface area contributed by atoms with Gasteiger partial charge in [0.2, 0.25) is 5.88 Å². The third-order valence-corrected chi connectivity index (χ3v) is 2.91. The SMILES string of the molecule is COc1ncccc1CN=C(N)N(C)C1CC1. The number of nitrogens with zero attached hydrogens (tertiary/aromatic N) is 3. The molecule has 1 aliphatic carbocycles.